The van der Waals surface area contributed by atoms with Crippen molar-refractivity contribution in [2.45, 2.75) is 66.0 Å². The average molecular weight is 461 g/mol. The van der Waals surface area contributed by atoms with E-state index in [2.05, 4.69) is 34.3 Å². The molecule has 0 saturated heterocycles. The summed E-state index contributed by atoms with van der Waals surface area (Å²) in [6, 6.07) is 0. The van der Waals surface area contributed by atoms with E-state index in [4.69, 9.17) is 4.98 Å². The minimum Gasteiger partial charge on any atom is -0.299 e. The third-order valence-electron chi connectivity index (χ3n) is 5.73. The topological polar surface area (TPSA) is 93.0 Å². The number of hydrogen-bond donors (Lipinski definition) is 1. The molecule has 0 aliphatic heterocycles. The van der Waals surface area contributed by atoms with E-state index in [0.29, 0.717) is 22.9 Å². The van der Waals surface area contributed by atoms with Crippen molar-refractivity contribution in [3.63, 3.8) is 0 Å². The van der Waals surface area contributed by atoms with E-state index in [1.807, 2.05) is 6.92 Å². The van der Waals surface area contributed by atoms with Crippen LogP contribution in [-0.4, -0.2) is 43.6 Å². The van der Waals surface area contributed by atoms with E-state index >= 15 is 0 Å². The molecule has 0 aromatic carbocycles. The molecule has 1 N–H and O–H groups in total. The third-order valence-corrected chi connectivity index (χ3v) is 7.90. The summed E-state index contributed by atoms with van der Waals surface area (Å²) in [5, 5.41) is 12.9. The van der Waals surface area contributed by atoms with Gasteiger partial charge >= 0.3 is 0 Å². The molecule has 0 unspecified atom stereocenters. The number of hydrogen-bond acceptors (Lipinski definition) is 8. The van der Waals surface area contributed by atoms with Gasteiger partial charge in [-0.3, -0.25) is 24.4 Å². The van der Waals surface area contributed by atoms with E-state index in [0.717, 1.165) is 60.6 Å². The van der Waals surface area contributed by atoms with Crippen LogP contribution in [0.4, 0.5) is 5.13 Å². The summed E-state index contributed by atoms with van der Waals surface area (Å²) in [5.41, 5.74) is 1.04. The largest absolute Gasteiger partial charge is 0.299 e. The minimum absolute atomic E-state index is 0.0793. The zero-order valence-corrected chi connectivity index (χ0v) is 19.9. The Morgan fingerprint density at radius 2 is 1.90 bits per heavy atom. The number of fused-ring (bicyclic) bond motifs is 3. The standard InChI is InChI=1S/C21H28N6O2S2/c1-4-17-24-25-21(31-17)23-16(28)12-27-15(11-26(5-2)6-3)22-19-18(20(27)29)13-9-7-8-10-14(13)30-19/h4-12H2,1-3H3,(H,23,25,28). The summed E-state index contributed by atoms with van der Waals surface area (Å²) >= 11 is 3.00. The van der Waals surface area contributed by atoms with Crippen LogP contribution in [0.5, 0.6) is 0 Å². The van der Waals surface area contributed by atoms with Gasteiger partial charge in [0.25, 0.3) is 5.56 Å². The Bertz CT molecular complexity index is 1140. The molecule has 1 aliphatic carbocycles. The highest BCUT2D eigenvalue weighted by molar-refractivity contribution is 7.18. The van der Waals surface area contributed by atoms with Gasteiger partial charge in [0, 0.05) is 4.88 Å². The lowest BCUT2D eigenvalue weighted by Crippen LogP contribution is -2.34. The molecular formula is C21H28N6O2S2. The van der Waals surface area contributed by atoms with Crippen molar-refractivity contribution in [2.75, 3.05) is 18.4 Å². The smallest absolute Gasteiger partial charge is 0.263 e. The SMILES string of the molecule is CCc1nnc(NC(=O)Cn2c(CN(CC)CC)nc3sc4c(c3c2=O)CCCC4)s1. The first-order valence-corrected chi connectivity index (χ1v) is 12.6. The van der Waals surface area contributed by atoms with Crippen LogP contribution in [0.3, 0.4) is 0 Å². The Morgan fingerprint density at radius 3 is 2.61 bits per heavy atom. The molecule has 0 spiro atoms. The molecule has 1 amide bonds. The van der Waals surface area contributed by atoms with Gasteiger partial charge in [0.15, 0.2) is 0 Å². The molecule has 31 heavy (non-hydrogen) atoms. The average Bonchev–Trinajstić information content (AvgIpc) is 3.38. The second-order valence-electron chi connectivity index (χ2n) is 7.67. The van der Waals surface area contributed by atoms with Gasteiger partial charge in [-0.2, -0.15) is 0 Å². The van der Waals surface area contributed by atoms with Crippen LogP contribution in [0, 0.1) is 0 Å². The fraction of sp³-hybridized carbons (Fsp3) is 0.571. The fourth-order valence-electron chi connectivity index (χ4n) is 3.96. The summed E-state index contributed by atoms with van der Waals surface area (Å²) in [6.45, 7) is 8.32. The van der Waals surface area contributed by atoms with Gasteiger partial charge in [-0.15, -0.1) is 21.5 Å². The van der Waals surface area contributed by atoms with E-state index in [1.54, 1.807) is 15.9 Å². The maximum Gasteiger partial charge on any atom is 0.263 e. The molecule has 10 heteroatoms. The molecule has 0 radical (unpaired) electrons. The second kappa shape index (κ2) is 9.54. The lowest BCUT2D eigenvalue weighted by Gasteiger charge is -2.20. The molecule has 8 nitrogen and oxygen atoms in total. The number of carbonyl (C=O) groups excluding carboxylic acids is 1. The van der Waals surface area contributed by atoms with E-state index in [-0.39, 0.29) is 18.0 Å². The molecule has 0 atom stereocenters. The summed E-state index contributed by atoms with van der Waals surface area (Å²) in [7, 11) is 0. The number of aryl methyl sites for hydroxylation is 3. The minimum atomic E-state index is -0.285. The summed E-state index contributed by atoms with van der Waals surface area (Å²) in [4.78, 5) is 35.6. The highest BCUT2D eigenvalue weighted by Crippen LogP contribution is 2.33. The number of rotatable bonds is 8. The molecular weight excluding hydrogens is 432 g/mol. The van der Waals surface area contributed by atoms with Crippen molar-refractivity contribution in [2.24, 2.45) is 0 Å². The first-order valence-electron chi connectivity index (χ1n) is 10.9. The Hall–Kier alpha value is -2.17. The van der Waals surface area contributed by atoms with Crippen molar-refractivity contribution in [3.8, 4) is 0 Å². The van der Waals surface area contributed by atoms with Gasteiger partial charge in [0.1, 0.15) is 22.2 Å². The maximum atomic E-state index is 13.6. The van der Waals surface area contributed by atoms with Gasteiger partial charge in [-0.25, -0.2) is 4.98 Å². The first-order chi connectivity index (χ1) is 15.0. The van der Waals surface area contributed by atoms with Crippen LogP contribution in [0.2, 0.25) is 0 Å². The fourth-order valence-corrected chi connectivity index (χ4v) is 5.93. The predicted molar refractivity (Wildman–Crippen MR) is 125 cm³/mol. The zero-order chi connectivity index (χ0) is 22.0. The molecule has 166 valence electrons. The molecule has 3 aromatic rings. The Balaban J connectivity index is 1.72. The van der Waals surface area contributed by atoms with Crippen LogP contribution in [0.25, 0.3) is 10.2 Å². The van der Waals surface area contributed by atoms with Crippen molar-refractivity contribution >= 4 is 43.9 Å². The number of carbonyl (C=O) groups is 1. The Labute approximate surface area is 189 Å². The van der Waals surface area contributed by atoms with E-state index in [9.17, 15) is 9.59 Å². The van der Waals surface area contributed by atoms with Gasteiger partial charge in [-0.05, 0) is 50.8 Å². The van der Waals surface area contributed by atoms with Gasteiger partial charge in [0.05, 0.1) is 11.9 Å². The van der Waals surface area contributed by atoms with Crippen LogP contribution in [-0.2, 0) is 37.1 Å². The quantitative estimate of drug-likeness (QED) is 0.555. The van der Waals surface area contributed by atoms with Gasteiger partial charge < -0.3 is 0 Å². The van der Waals surface area contributed by atoms with E-state index < -0.39 is 0 Å². The number of anilines is 1. The molecule has 4 rings (SSSR count). The van der Waals surface area contributed by atoms with Gasteiger partial charge in [0.2, 0.25) is 11.0 Å². The molecule has 0 saturated carbocycles. The molecule has 3 heterocycles. The van der Waals surface area contributed by atoms with E-state index in [1.165, 1.54) is 16.2 Å². The van der Waals surface area contributed by atoms with Gasteiger partial charge in [-0.1, -0.05) is 32.1 Å². The summed E-state index contributed by atoms with van der Waals surface area (Å²) < 4.78 is 1.55. The van der Waals surface area contributed by atoms with Crippen LogP contribution in [0.1, 0.15) is 54.9 Å². The third kappa shape index (κ3) is 4.56. The monoisotopic (exact) mass is 460 g/mol. The Kier molecular flexibility index (Phi) is 6.78. The Morgan fingerprint density at radius 1 is 1.13 bits per heavy atom. The predicted octanol–water partition coefficient (Wildman–Crippen LogP) is 3.23. The number of nitrogens with zero attached hydrogens (tertiary/aromatic N) is 5. The molecule has 1 aliphatic rings. The molecule has 3 aromatic heterocycles. The van der Waals surface area contributed by atoms with Crippen LogP contribution in [0.15, 0.2) is 4.79 Å². The van der Waals surface area contributed by atoms with Crippen LogP contribution >= 0.6 is 22.7 Å². The normalized spacial score (nSPS) is 13.7. The highest BCUT2D eigenvalue weighted by Gasteiger charge is 2.23. The van der Waals surface area contributed by atoms with Crippen molar-refractivity contribution in [3.05, 3.63) is 31.6 Å². The van der Waals surface area contributed by atoms with Crippen molar-refractivity contribution in [1.82, 2.24) is 24.6 Å². The molecule has 0 bridgehead atoms. The lowest BCUT2D eigenvalue weighted by molar-refractivity contribution is -0.116. The number of thiophene rings is 1. The lowest BCUT2D eigenvalue weighted by atomic mass is 9.97. The number of aromatic nitrogens is 4. The highest BCUT2D eigenvalue weighted by atomic mass is 32.1. The zero-order valence-electron chi connectivity index (χ0n) is 18.2. The second-order valence-corrected chi connectivity index (χ2v) is 9.82. The summed E-state index contributed by atoms with van der Waals surface area (Å²) in [5.74, 6) is 0.355. The number of amides is 1. The summed E-state index contributed by atoms with van der Waals surface area (Å²) in [6.07, 6.45) is 4.95. The molecule has 0 fully saturated rings. The van der Waals surface area contributed by atoms with Crippen molar-refractivity contribution < 1.29 is 4.79 Å². The first kappa shape index (κ1) is 22.0. The number of nitrogens with one attached hydrogen (secondary N) is 1. The van der Waals surface area contributed by atoms with Crippen LogP contribution < -0.4 is 10.9 Å². The maximum absolute atomic E-state index is 13.6. The van der Waals surface area contributed by atoms with Crippen molar-refractivity contribution in [1.29, 1.82) is 0 Å².